The normalized spacial score (nSPS) is 29.2. The molecule has 0 saturated carbocycles. The van der Waals surface area contributed by atoms with Crippen LogP contribution in [0.5, 0.6) is 0 Å². The van der Waals surface area contributed by atoms with Crippen molar-refractivity contribution in [1.29, 1.82) is 0 Å². The van der Waals surface area contributed by atoms with Gasteiger partial charge < -0.3 is 24.8 Å². The average molecular weight is 272 g/mol. The van der Waals surface area contributed by atoms with Gasteiger partial charge in [-0.2, -0.15) is 0 Å². The van der Waals surface area contributed by atoms with Gasteiger partial charge in [-0.15, -0.1) is 0 Å². The van der Waals surface area contributed by atoms with E-state index < -0.39 is 6.10 Å². The summed E-state index contributed by atoms with van der Waals surface area (Å²) in [4.78, 5) is 13.3. The molecular formula is C13H24N2O4. The molecule has 6 heteroatoms. The molecule has 0 aliphatic carbocycles. The summed E-state index contributed by atoms with van der Waals surface area (Å²) >= 11 is 0. The zero-order valence-electron chi connectivity index (χ0n) is 11.5. The fraction of sp³-hybridized carbons (Fsp3) is 0.923. The topological polar surface area (TPSA) is 71.0 Å². The lowest BCUT2D eigenvalue weighted by Crippen LogP contribution is -2.42. The number of hydrogen-bond donors (Lipinski definition) is 2. The minimum atomic E-state index is -0.583. The van der Waals surface area contributed by atoms with Gasteiger partial charge in [-0.3, -0.25) is 4.79 Å². The van der Waals surface area contributed by atoms with E-state index in [0.717, 1.165) is 32.4 Å². The molecule has 2 rings (SSSR count). The number of rotatable bonds is 7. The Bertz CT molecular complexity index is 294. The molecule has 2 aliphatic rings. The monoisotopic (exact) mass is 272 g/mol. The van der Waals surface area contributed by atoms with Crippen LogP contribution in [0.4, 0.5) is 0 Å². The number of amides is 1. The molecule has 3 unspecified atom stereocenters. The van der Waals surface area contributed by atoms with Gasteiger partial charge in [0.1, 0.15) is 0 Å². The van der Waals surface area contributed by atoms with E-state index >= 15 is 0 Å². The van der Waals surface area contributed by atoms with Crippen LogP contribution in [0.1, 0.15) is 19.3 Å². The van der Waals surface area contributed by atoms with Crippen molar-refractivity contribution >= 4 is 5.91 Å². The number of nitrogens with zero attached hydrogens (tertiary/aromatic N) is 1. The summed E-state index contributed by atoms with van der Waals surface area (Å²) in [5, 5.41) is 12.9. The Balaban J connectivity index is 1.54. The van der Waals surface area contributed by atoms with Crippen molar-refractivity contribution in [1.82, 2.24) is 10.2 Å². The quantitative estimate of drug-likeness (QED) is 0.645. The maximum absolute atomic E-state index is 11.6. The highest BCUT2D eigenvalue weighted by molar-refractivity contribution is 5.83. The maximum Gasteiger partial charge on any atom is 0.239 e. The van der Waals surface area contributed by atoms with Crippen LogP contribution in [0, 0.1) is 0 Å². The van der Waals surface area contributed by atoms with Crippen molar-refractivity contribution in [2.24, 2.45) is 0 Å². The molecule has 0 bridgehead atoms. The Morgan fingerprint density at radius 2 is 2.42 bits per heavy atom. The number of aliphatic hydroxyl groups excluding tert-OH is 1. The van der Waals surface area contributed by atoms with Crippen molar-refractivity contribution in [3.05, 3.63) is 0 Å². The second kappa shape index (κ2) is 7.19. The molecule has 2 saturated heterocycles. The van der Waals surface area contributed by atoms with Crippen molar-refractivity contribution < 1.29 is 19.4 Å². The van der Waals surface area contributed by atoms with Crippen LogP contribution in [0.25, 0.3) is 0 Å². The summed E-state index contributed by atoms with van der Waals surface area (Å²) in [5.74, 6) is 0.104. The van der Waals surface area contributed by atoms with Gasteiger partial charge in [0.25, 0.3) is 0 Å². The molecule has 2 heterocycles. The predicted octanol–water partition coefficient (Wildman–Crippen LogP) is -0.637. The van der Waals surface area contributed by atoms with Crippen LogP contribution in [0.2, 0.25) is 0 Å². The average Bonchev–Trinajstić information content (AvgIpc) is 3.00. The van der Waals surface area contributed by atoms with Crippen molar-refractivity contribution in [2.75, 3.05) is 40.0 Å². The smallest absolute Gasteiger partial charge is 0.239 e. The molecule has 2 fully saturated rings. The first kappa shape index (κ1) is 14.7. The number of carbonyl (C=O) groups is 1. The fourth-order valence-electron chi connectivity index (χ4n) is 2.46. The number of ether oxygens (including phenoxy) is 2. The van der Waals surface area contributed by atoms with E-state index in [2.05, 4.69) is 5.32 Å². The highest BCUT2D eigenvalue weighted by Gasteiger charge is 2.28. The molecule has 0 aromatic carbocycles. The standard InChI is InChI=1S/C13H24N2O4/c1-15-5-4-12(13(15)17)14-7-10(16)8-18-9-11-3-2-6-19-11/h10-12,14,16H,2-9H2,1H3. The van der Waals surface area contributed by atoms with E-state index in [1.807, 2.05) is 0 Å². The van der Waals surface area contributed by atoms with Crippen LogP contribution >= 0.6 is 0 Å². The number of likely N-dealkylation sites (tertiary alicyclic amines) is 1. The minimum Gasteiger partial charge on any atom is -0.389 e. The first-order valence-corrected chi connectivity index (χ1v) is 7.02. The van der Waals surface area contributed by atoms with Crippen LogP contribution in [-0.4, -0.2) is 74.1 Å². The molecule has 0 spiro atoms. The van der Waals surface area contributed by atoms with Crippen LogP contribution in [-0.2, 0) is 14.3 Å². The van der Waals surface area contributed by atoms with E-state index in [1.54, 1.807) is 11.9 Å². The molecule has 19 heavy (non-hydrogen) atoms. The van der Waals surface area contributed by atoms with E-state index in [1.165, 1.54) is 0 Å². The van der Waals surface area contributed by atoms with Crippen molar-refractivity contribution in [2.45, 2.75) is 37.5 Å². The summed E-state index contributed by atoms with van der Waals surface area (Å²) in [7, 11) is 1.80. The molecule has 3 atom stereocenters. The number of hydrogen-bond acceptors (Lipinski definition) is 5. The van der Waals surface area contributed by atoms with Gasteiger partial charge in [0.05, 0.1) is 31.5 Å². The predicted molar refractivity (Wildman–Crippen MR) is 69.8 cm³/mol. The van der Waals surface area contributed by atoms with Gasteiger partial charge in [0.2, 0.25) is 5.91 Å². The fourth-order valence-corrected chi connectivity index (χ4v) is 2.46. The Hall–Kier alpha value is -0.690. The summed E-state index contributed by atoms with van der Waals surface area (Å²) in [6.07, 6.45) is 2.54. The van der Waals surface area contributed by atoms with Gasteiger partial charge in [-0.1, -0.05) is 0 Å². The zero-order chi connectivity index (χ0) is 13.7. The molecular weight excluding hydrogens is 248 g/mol. The molecule has 0 aromatic heterocycles. The largest absolute Gasteiger partial charge is 0.389 e. The lowest BCUT2D eigenvalue weighted by molar-refractivity contribution is -0.128. The highest BCUT2D eigenvalue weighted by atomic mass is 16.5. The SMILES string of the molecule is CN1CCC(NCC(O)COCC2CCCO2)C1=O. The van der Waals surface area contributed by atoms with E-state index in [-0.39, 0.29) is 24.7 Å². The molecule has 6 nitrogen and oxygen atoms in total. The van der Waals surface area contributed by atoms with Crippen LogP contribution < -0.4 is 5.32 Å². The lowest BCUT2D eigenvalue weighted by Gasteiger charge is -2.17. The molecule has 110 valence electrons. The summed E-state index contributed by atoms with van der Waals surface area (Å²) in [6.45, 7) is 2.80. The third-order valence-corrected chi connectivity index (χ3v) is 3.67. The van der Waals surface area contributed by atoms with Crippen LogP contribution in [0.3, 0.4) is 0 Å². The molecule has 2 N–H and O–H groups in total. The summed E-state index contributed by atoms with van der Waals surface area (Å²) in [6, 6.07) is -0.155. The minimum absolute atomic E-state index is 0.104. The summed E-state index contributed by atoms with van der Waals surface area (Å²) in [5.41, 5.74) is 0. The number of carbonyl (C=O) groups excluding carboxylic acids is 1. The molecule has 2 aliphatic heterocycles. The number of likely N-dealkylation sites (N-methyl/N-ethyl adjacent to an activating group) is 1. The van der Waals surface area contributed by atoms with Gasteiger partial charge in [0.15, 0.2) is 0 Å². The lowest BCUT2D eigenvalue weighted by atomic mass is 10.2. The Kier molecular flexibility index (Phi) is 5.57. The molecule has 0 aromatic rings. The van der Waals surface area contributed by atoms with E-state index in [9.17, 15) is 9.90 Å². The van der Waals surface area contributed by atoms with Gasteiger partial charge >= 0.3 is 0 Å². The van der Waals surface area contributed by atoms with E-state index in [0.29, 0.717) is 13.2 Å². The van der Waals surface area contributed by atoms with Crippen molar-refractivity contribution in [3.8, 4) is 0 Å². The Labute approximate surface area is 114 Å². The third-order valence-electron chi connectivity index (χ3n) is 3.67. The number of nitrogens with one attached hydrogen (secondary N) is 1. The Morgan fingerprint density at radius 1 is 1.58 bits per heavy atom. The first-order valence-electron chi connectivity index (χ1n) is 7.02. The zero-order valence-corrected chi connectivity index (χ0v) is 11.5. The van der Waals surface area contributed by atoms with Gasteiger partial charge in [-0.05, 0) is 19.3 Å². The first-order chi connectivity index (χ1) is 9.16. The highest BCUT2D eigenvalue weighted by Crippen LogP contribution is 2.12. The second-order valence-electron chi connectivity index (χ2n) is 5.34. The van der Waals surface area contributed by atoms with Crippen molar-refractivity contribution in [3.63, 3.8) is 0 Å². The Morgan fingerprint density at radius 3 is 3.05 bits per heavy atom. The number of aliphatic hydroxyl groups is 1. The van der Waals surface area contributed by atoms with E-state index in [4.69, 9.17) is 9.47 Å². The van der Waals surface area contributed by atoms with Gasteiger partial charge in [0, 0.05) is 26.7 Å². The summed E-state index contributed by atoms with van der Waals surface area (Å²) < 4.78 is 10.9. The molecule has 1 amide bonds. The maximum atomic E-state index is 11.6. The van der Waals surface area contributed by atoms with Crippen LogP contribution in [0.15, 0.2) is 0 Å². The van der Waals surface area contributed by atoms with Gasteiger partial charge in [-0.25, -0.2) is 0 Å². The third kappa shape index (κ3) is 4.42. The molecule has 0 radical (unpaired) electrons. The second-order valence-corrected chi connectivity index (χ2v) is 5.34.